The van der Waals surface area contributed by atoms with Crippen LogP contribution in [0.15, 0.2) is 30.3 Å². The summed E-state index contributed by atoms with van der Waals surface area (Å²) in [6, 6.07) is 5.87. The Labute approximate surface area is 100 Å². The van der Waals surface area contributed by atoms with Gasteiger partial charge in [0.25, 0.3) is 0 Å². The lowest BCUT2D eigenvalue weighted by Crippen LogP contribution is -1.87. The van der Waals surface area contributed by atoms with Crippen LogP contribution in [0.25, 0.3) is 16.5 Å². The largest absolute Gasteiger partial charge is 0.478 e. The summed E-state index contributed by atoms with van der Waals surface area (Å²) in [4.78, 5) is 11.1. The Hall–Kier alpha value is -2.08. The summed E-state index contributed by atoms with van der Waals surface area (Å²) in [6.45, 7) is 0. The maximum atomic E-state index is 12.8. The summed E-state index contributed by atoms with van der Waals surface area (Å²) in [5, 5.41) is 12.3. The molecule has 1 aromatic carbocycles. The summed E-state index contributed by atoms with van der Waals surface area (Å²) in [7, 11) is 0. The molecule has 1 N–H and O–H groups in total. The van der Waals surface area contributed by atoms with Crippen molar-refractivity contribution in [1.29, 1.82) is 0 Å². The van der Waals surface area contributed by atoms with E-state index in [4.69, 9.17) is 5.11 Å². The third-order valence-electron chi connectivity index (χ3n) is 2.00. The summed E-state index contributed by atoms with van der Waals surface area (Å²) in [5.74, 6) is -1.38. The molecular weight excluding hydrogens is 243 g/mol. The third kappa shape index (κ3) is 2.73. The first-order valence-electron chi connectivity index (χ1n) is 4.66. The van der Waals surface area contributed by atoms with Crippen molar-refractivity contribution in [3.05, 3.63) is 41.9 Å². The lowest BCUT2D eigenvalue weighted by molar-refractivity contribution is -0.131. The molecule has 0 amide bonds. The predicted molar refractivity (Wildman–Crippen MR) is 62.0 cm³/mol. The van der Waals surface area contributed by atoms with Gasteiger partial charge in [0, 0.05) is 6.08 Å². The minimum Gasteiger partial charge on any atom is -0.478 e. The fraction of sp³-hybridized carbons (Fsp3) is 0. The zero-order chi connectivity index (χ0) is 12.3. The van der Waals surface area contributed by atoms with Crippen LogP contribution in [0.1, 0.15) is 5.69 Å². The predicted octanol–water partition coefficient (Wildman–Crippen LogP) is 2.44. The Morgan fingerprint density at radius 1 is 1.35 bits per heavy atom. The average Bonchev–Trinajstić information content (AvgIpc) is 2.75. The number of hydrogen-bond acceptors (Lipinski definition) is 4. The van der Waals surface area contributed by atoms with Crippen LogP contribution in [0.4, 0.5) is 4.39 Å². The van der Waals surface area contributed by atoms with Crippen LogP contribution in [0.3, 0.4) is 0 Å². The topological polar surface area (TPSA) is 63.1 Å². The number of hydrogen-bond donors (Lipinski definition) is 1. The lowest BCUT2D eigenvalue weighted by Gasteiger charge is -1.97. The highest BCUT2D eigenvalue weighted by atomic mass is 32.1. The van der Waals surface area contributed by atoms with Crippen LogP contribution < -0.4 is 0 Å². The van der Waals surface area contributed by atoms with Crippen LogP contribution in [0.5, 0.6) is 0 Å². The monoisotopic (exact) mass is 250 g/mol. The van der Waals surface area contributed by atoms with E-state index >= 15 is 0 Å². The van der Waals surface area contributed by atoms with Gasteiger partial charge in [-0.15, -0.1) is 5.10 Å². The summed E-state index contributed by atoms with van der Waals surface area (Å²) in [5.41, 5.74) is 1.22. The maximum absolute atomic E-state index is 12.8. The van der Waals surface area contributed by atoms with E-state index < -0.39 is 5.97 Å². The number of carbonyl (C=O) groups is 1. The first kappa shape index (κ1) is 11.4. The van der Waals surface area contributed by atoms with Gasteiger partial charge in [-0.3, -0.25) is 0 Å². The molecule has 0 aliphatic carbocycles. The molecule has 4 nitrogen and oxygen atoms in total. The molecule has 17 heavy (non-hydrogen) atoms. The highest BCUT2D eigenvalue weighted by Crippen LogP contribution is 2.26. The van der Waals surface area contributed by atoms with Crippen LogP contribution in [0.2, 0.25) is 0 Å². The number of carboxylic acid groups (broad SMARTS) is 1. The highest BCUT2D eigenvalue weighted by molar-refractivity contribution is 7.09. The average molecular weight is 250 g/mol. The normalized spacial score (nSPS) is 10.9. The quantitative estimate of drug-likeness (QED) is 0.850. The Balaban J connectivity index is 2.36. The fourth-order valence-electron chi connectivity index (χ4n) is 1.26. The van der Waals surface area contributed by atoms with Crippen LogP contribution >= 0.6 is 11.5 Å². The van der Waals surface area contributed by atoms with Crippen molar-refractivity contribution in [2.24, 2.45) is 0 Å². The number of carboxylic acids is 1. The molecule has 2 rings (SSSR count). The molecule has 0 aliphatic heterocycles. The van der Waals surface area contributed by atoms with Crippen molar-refractivity contribution in [3.8, 4) is 10.4 Å². The number of benzene rings is 1. The molecule has 6 heteroatoms. The zero-order valence-corrected chi connectivity index (χ0v) is 9.32. The molecule has 0 spiro atoms. The zero-order valence-electron chi connectivity index (χ0n) is 8.50. The van der Waals surface area contributed by atoms with Gasteiger partial charge in [-0.1, -0.05) is 16.6 Å². The van der Waals surface area contributed by atoms with E-state index in [0.717, 1.165) is 23.2 Å². The molecule has 0 radical (unpaired) electrons. The van der Waals surface area contributed by atoms with Gasteiger partial charge >= 0.3 is 5.97 Å². The Morgan fingerprint density at radius 2 is 2.06 bits per heavy atom. The van der Waals surface area contributed by atoms with Gasteiger partial charge in [-0.05, 0) is 35.3 Å². The van der Waals surface area contributed by atoms with E-state index in [0.29, 0.717) is 10.6 Å². The molecule has 0 fully saturated rings. The van der Waals surface area contributed by atoms with Gasteiger partial charge in [0.2, 0.25) is 0 Å². The standard InChI is InChI=1S/C11H7FN2O2S/c12-8-3-1-7(2-4-8)11-9(13-14-17-11)5-6-10(15)16/h1-6H,(H,15,16)/b6-5+. The molecule has 2 aromatic rings. The van der Waals surface area contributed by atoms with E-state index in [2.05, 4.69) is 9.59 Å². The van der Waals surface area contributed by atoms with Gasteiger partial charge in [-0.2, -0.15) is 0 Å². The first-order valence-corrected chi connectivity index (χ1v) is 5.43. The number of nitrogens with zero attached hydrogens (tertiary/aromatic N) is 2. The summed E-state index contributed by atoms with van der Waals surface area (Å²) < 4.78 is 16.5. The number of rotatable bonds is 3. The highest BCUT2D eigenvalue weighted by Gasteiger charge is 2.08. The SMILES string of the molecule is O=C(O)/C=C/c1nnsc1-c1ccc(F)cc1. The Morgan fingerprint density at radius 3 is 2.71 bits per heavy atom. The Bertz CT molecular complexity index is 563. The maximum Gasteiger partial charge on any atom is 0.328 e. The molecule has 0 aliphatic rings. The van der Waals surface area contributed by atoms with Crippen LogP contribution in [-0.4, -0.2) is 20.7 Å². The fourth-order valence-corrected chi connectivity index (χ4v) is 1.91. The second kappa shape index (κ2) is 4.84. The first-order chi connectivity index (χ1) is 8.16. The second-order valence-electron chi connectivity index (χ2n) is 3.17. The molecule has 86 valence electrons. The number of aliphatic carboxylic acids is 1. The van der Waals surface area contributed by atoms with Crippen molar-refractivity contribution in [3.63, 3.8) is 0 Å². The van der Waals surface area contributed by atoms with Gasteiger partial charge in [-0.25, -0.2) is 9.18 Å². The lowest BCUT2D eigenvalue weighted by atomic mass is 10.1. The van der Waals surface area contributed by atoms with E-state index in [9.17, 15) is 9.18 Å². The molecule has 0 bridgehead atoms. The van der Waals surface area contributed by atoms with Gasteiger partial charge in [0.1, 0.15) is 11.5 Å². The van der Waals surface area contributed by atoms with Crippen molar-refractivity contribution in [1.82, 2.24) is 9.59 Å². The van der Waals surface area contributed by atoms with Crippen molar-refractivity contribution in [2.45, 2.75) is 0 Å². The van der Waals surface area contributed by atoms with Gasteiger partial charge in [0.15, 0.2) is 0 Å². The molecule has 0 atom stereocenters. The molecule has 0 unspecified atom stereocenters. The molecule has 1 heterocycles. The molecular formula is C11H7FN2O2S. The summed E-state index contributed by atoms with van der Waals surface area (Å²) >= 11 is 1.13. The third-order valence-corrected chi connectivity index (χ3v) is 2.79. The van der Waals surface area contributed by atoms with E-state index in [1.807, 2.05) is 0 Å². The van der Waals surface area contributed by atoms with Gasteiger partial charge in [0.05, 0.1) is 4.88 Å². The second-order valence-corrected chi connectivity index (χ2v) is 3.92. The van der Waals surface area contributed by atoms with Crippen molar-refractivity contribution in [2.75, 3.05) is 0 Å². The number of aromatic nitrogens is 2. The van der Waals surface area contributed by atoms with Crippen LogP contribution in [0, 0.1) is 5.82 Å². The summed E-state index contributed by atoms with van der Waals surface area (Å²) in [6.07, 6.45) is 2.36. The van der Waals surface area contributed by atoms with E-state index in [1.165, 1.54) is 18.2 Å². The molecule has 0 saturated carbocycles. The van der Waals surface area contributed by atoms with Crippen molar-refractivity contribution >= 4 is 23.6 Å². The van der Waals surface area contributed by atoms with E-state index in [-0.39, 0.29) is 5.82 Å². The van der Waals surface area contributed by atoms with Crippen LogP contribution in [-0.2, 0) is 4.79 Å². The van der Waals surface area contributed by atoms with E-state index in [1.54, 1.807) is 12.1 Å². The van der Waals surface area contributed by atoms with Gasteiger partial charge < -0.3 is 5.11 Å². The van der Waals surface area contributed by atoms with Crippen molar-refractivity contribution < 1.29 is 14.3 Å². The smallest absolute Gasteiger partial charge is 0.328 e. The molecule has 1 aromatic heterocycles. The Kier molecular flexibility index (Phi) is 3.24. The minimum absolute atomic E-state index is 0.325. The number of halogens is 1. The minimum atomic E-state index is -1.05. The molecule has 0 saturated heterocycles.